The average Bonchev–Trinajstić information content (AvgIpc) is 2.47. The van der Waals surface area contributed by atoms with Gasteiger partial charge in [-0.1, -0.05) is 6.92 Å². The van der Waals surface area contributed by atoms with E-state index in [0.717, 1.165) is 10.2 Å². The Morgan fingerprint density at radius 1 is 1.54 bits per heavy atom. The maximum Gasteiger partial charge on any atom is 0.134 e. The van der Waals surface area contributed by atoms with E-state index in [9.17, 15) is 0 Å². The van der Waals surface area contributed by atoms with E-state index in [0.29, 0.717) is 5.92 Å². The maximum atomic E-state index is 5.25. The SMILES string of the molecule is COc1cc2c(cc1Br)C(C)CS2. The molecular formula is C10H11BrOS. The predicted octanol–water partition coefficient (Wildman–Crippen LogP) is 3.67. The second-order valence-electron chi connectivity index (χ2n) is 3.24. The van der Waals surface area contributed by atoms with E-state index < -0.39 is 0 Å². The monoisotopic (exact) mass is 258 g/mol. The van der Waals surface area contributed by atoms with Gasteiger partial charge in [-0.25, -0.2) is 0 Å². The number of halogens is 1. The van der Waals surface area contributed by atoms with Crippen molar-refractivity contribution in [3.63, 3.8) is 0 Å². The van der Waals surface area contributed by atoms with Gasteiger partial charge in [0.1, 0.15) is 5.75 Å². The van der Waals surface area contributed by atoms with Crippen molar-refractivity contribution < 1.29 is 4.74 Å². The number of benzene rings is 1. The highest BCUT2D eigenvalue weighted by Crippen LogP contribution is 2.43. The van der Waals surface area contributed by atoms with Gasteiger partial charge >= 0.3 is 0 Å². The molecule has 3 heteroatoms. The number of fused-ring (bicyclic) bond motifs is 1. The van der Waals surface area contributed by atoms with Crippen molar-refractivity contribution in [2.24, 2.45) is 0 Å². The first-order chi connectivity index (χ1) is 6.22. The van der Waals surface area contributed by atoms with E-state index in [2.05, 4.69) is 35.0 Å². The minimum atomic E-state index is 0.669. The summed E-state index contributed by atoms with van der Waals surface area (Å²) in [5.41, 5.74) is 1.44. The third-order valence-electron chi connectivity index (χ3n) is 2.30. The fraction of sp³-hybridized carbons (Fsp3) is 0.400. The molecule has 0 aliphatic carbocycles. The molecule has 1 aromatic carbocycles. The molecule has 70 valence electrons. The van der Waals surface area contributed by atoms with Crippen molar-refractivity contribution in [3.05, 3.63) is 22.2 Å². The van der Waals surface area contributed by atoms with E-state index in [1.807, 2.05) is 11.8 Å². The summed E-state index contributed by atoms with van der Waals surface area (Å²) in [5.74, 6) is 2.79. The zero-order chi connectivity index (χ0) is 9.42. The Balaban J connectivity index is 2.50. The van der Waals surface area contributed by atoms with Crippen LogP contribution in [-0.2, 0) is 0 Å². The van der Waals surface area contributed by atoms with E-state index in [4.69, 9.17) is 4.74 Å². The molecule has 1 heterocycles. The Hall–Kier alpha value is -0.150. The third kappa shape index (κ3) is 1.59. The number of methoxy groups -OCH3 is 1. The van der Waals surface area contributed by atoms with Crippen LogP contribution in [0, 0.1) is 0 Å². The van der Waals surface area contributed by atoms with Crippen molar-refractivity contribution >= 4 is 27.7 Å². The van der Waals surface area contributed by atoms with Crippen LogP contribution < -0.4 is 4.74 Å². The topological polar surface area (TPSA) is 9.23 Å². The first-order valence-corrected chi connectivity index (χ1v) is 6.00. The van der Waals surface area contributed by atoms with Gasteiger partial charge in [-0.15, -0.1) is 11.8 Å². The van der Waals surface area contributed by atoms with Crippen molar-refractivity contribution in [3.8, 4) is 5.75 Å². The van der Waals surface area contributed by atoms with Crippen molar-refractivity contribution in [2.45, 2.75) is 17.7 Å². The van der Waals surface area contributed by atoms with Crippen molar-refractivity contribution in [1.29, 1.82) is 0 Å². The Labute approximate surface area is 91.0 Å². The van der Waals surface area contributed by atoms with Gasteiger partial charge in [-0.05, 0) is 39.5 Å². The lowest BCUT2D eigenvalue weighted by atomic mass is 10.0. The standard InChI is InChI=1S/C10H11BrOS/c1-6-5-13-10-4-9(12-2)8(11)3-7(6)10/h3-4,6H,5H2,1-2H3. The first-order valence-electron chi connectivity index (χ1n) is 4.22. The van der Waals surface area contributed by atoms with Crippen LogP contribution in [-0.4, -0.2) is 12.9 Å². The number of hydrogen-bond acceptors (Lipinski definition) is 2. The van der Waals surface area contributed by atoms with Gasteiger partial charge < -0.3 is 4.74 Å². The van der Waals surface area contributed by atoms with Gasteiger partial charge in [0.05, 0.1) is 11.6 Å². The van der Waals surface area contributed by atoms with Crippen LogP contribution in [0.25, 0.3) is 0 Å². The smallest absolute Gasteiger partial charge is 0.134 e. The summed E-state index contributed by atoms with van der Waals surface area (Å²) in [6.45, 7) is 2.26. The molecule has 0 N–H and O–H groups in total. The molecule has 0 amide bonds. The highest BCUT2D eigenvalue weighted by atomic mass is 79.9. The lowest BCUT2D eigenvalue weighted by Gasteiger charge is -2.07. The molecule has 0 aromatic heterocycles. The van der Waals surface area contributed by atoms with Gasteiger partial charge in [0, 0.05) is 10.6 Å². The minimum Gasteiger partial charge on any atom is -0.496 e. The molecule has 1 unspecified atom stereocenters. The molecule has 0 saturated heterocycles. The second-order valence-corrected chi connectivity index (χ2v) is 5.15. The van der Waals surface area contributed by atoms with E-state index in [1.165, 1.54) is 16.2 Å². The van der Waals surface area contributed by atoms with E-state index in [1.54, 1.807) is 7.11 Å². The molecule has 0 fully saturated rings. The number of ether oxygens (including phenoxy) is 1. The number of thioether (sulfide) groups is 1. The Kier molecular flexibility index (Phi) is 2.56. The molecule has 0 spiro atoms. The largest absolute Gasteiger partial charge is 0.496 e. The molecule has 2 rings (SSSR count). The van der Waals surface area contributed by atoms with Crippen LogP contribution in [0.1, 0.15) is 18.4 Å². The molecular weight excluding hydrogens is 248 g/mol. The van der Waals surface area contributed by atoms with Crippen LogP contribution in [0.2, 0.25) is 0 Å². The Morgan fingerprint density at radius 2 is 2.31 bits per heavy atom. The molecule has 1 aliphatic heterocycles. The van der Waals surface area contributed by atoms with Crippen LogP contribution in [0.15, 0.2) is 21.5 Å². The van der Waals surface area contributed by atoms with Crippen LogP contribution in [0.4, 0.5) is 0 Å². The van der Waals surface area contributed by atoms with Crippen LogP contribution >= 0.6 is 27.7 Å². The fourth-order valence-corrected chi connectivity index (χ4v) is 3.27. The highest BCUT2D eigenvalue weighted by molar-refractivity contribution is 9.10. The molecule has 1 aromatic rings. The molecule has 1 atom stereocenters. The zero-order valence-corrected chi connectivity index (χ0v) is 10.0. The minimum absolute atomic E-state index is 0.669. The molecule has 0 radical (unpaired) electrons. The second kappa shape index (κ2) is 3.54. The maximum absolute atomic E-state index is 5.25. The quantitative estimate of drug-likeness (QED) is 0.761. The fourth-order valence-electron chi connectivity index (χ4n) is 1.52. The molecule has 0 saturated carbocycles. The summed E-state index contributed by atoms with van der Waals surface area (Å²) >= 11 is 5.42. The molecule has 1 aliphatic rings. The van der Waals surface area contributed by atoms with Crippen molar-refractivity contribution in [1.82, 2.24) is 0 Å². The van der Waals surface area contributed by atoms with Crippen LogP contribution in [0.3, 0.4) is 0 Å². The summed E-state index contributed by atoms with van der Waals surface area (Å²) < 4.78 is 6.30. The molecule has 1 nitrogen and oxygen atoms in total. The molecule has 13 heavy (non-hydrogen) atoms. The summed E-state index contributed by atoms with van der Waals surface area (Å²) in [7, 11) is 1.70. The lowest BCUT2D eigenvalue weighted by Crippen LogP contribution is -1.91. The summed E-state index contributed by atoms with van der Waals surface area (Å²) in [5, 5.41) is 0. The van der Waals surface area contributed by atoms with Gasteiger partial charge in [0.25, 0.3) is 0 Å². The lowest BCUT2D eigenvalue weighted by molar-refractivity contribution is 0.410. The predicted molar refractivity (Wildman–Crippen MR) is 59.8 cm³/mol. The number of rotatable bonds is 1. The van der Waals surface area contributed by atoms with E-state index >= 15 is 0 Å². The van der Waals surface area contributed by atoms with Gasteiger partial charge in [-0.3, -0.25) is 0 Å². The Morgan fingerprint density at radius 3 is 3.00 bits per heavy atom. The number of hydrogen-bond donors (Lipinski definition) is 0. The average molecular weight is 259 g/mol. The van der Waals surface area contributed by atoms with Crippen molar-refractivity contribution in [2.75, 3.05) is 12.9 Å². The van der Waals surface area contributed by atoms with Gasteiger partial charge in [-0.2, -0.15) is 0 Å². The Bertz CT molecular complexity index is 338. The van der Waals surface area contributed by atoms with Gasteiger partial charge in [0.2, 0.25) is 0 Å². The molecule has 0 bridgehead atoms. The summed E-state index contributed by atoms with van der Waals surface area (Å²) in [6.07, 6.45) is 0. The zero-order valence-electron chi connectivity index (χ0n) is 7.63. The third-order valence-corrected chi connectivity index (χ3v) is 4.25. The highest BCUT2D eigenvalue weighted by Gasteiger charge is 2.20. The van der Waals surface area contributed by atoms with Crippen LogP contribution in [0.5, 0.6) is 5.75 Å². The summed E-state index contributed by atoms with van der Waals surface area (Å²) in [4.78, 5) is 1.37. The van der Waals surface area contributed by atoms with Gasteiger partial charge in [0.15, 0.2) is 0 Å². The summed E-state index contributed by atoms with van der Waals surface area (Å²) in [6, 6.07) is 4.30. The first kappa shape index (κ1) is 9.41. The normalized spacial score (nSPS) is 20.1. The van der Waals surface area contributed by atoms with E-state index in [-0.39, 0.29) is 0 Å².